The number of aromatic nitrogens is 2. The first-order valence-corrected chi connectivity index (χ1v) is 5.83. The average Bonchev–Trinajstić information content (AvgIpc) is 2.79. The van der Waals surface area contributed by atoms with Gasteiger partial charge in [-0.2, -0.15) is 0 Å². The first kappa shape index (κ1) is 10.2. The van der Waals surface area contributed by atoms with Gasteiger partial charge in [0.2, 0.25) is 0 Å². The molecule has 2 aromatic rings. The highest BCUT2D eigenvalue weighted by Gasteiger charge is 2.00. The molecule has 78 valence electrons. The number of hydrogen-bond donors (Lipinski definition) is 0. The molecule has 0 radical (unpaired) electrons. The largest absolute Gasteiger partial charge is 0.468 e. The lowest BCUT2D eigenvalue weighted by molar-refractivity contribution is 0.530. The SMILES string of the molecule is CCc1cncc(SCc2ccco2)n1. The van der Waals surface area contributed by atoms with Gasteiger partial charge in [-0.25, -0.2) is 4.98 Å². The molecule has 4 heteroatoms. The number of furan rings is 1. The smallest absolute Gasteiger partial charge is 0.115 e. The molecule has 15 heavy (non-hydrogen) atoms. The fraction of sp³-hybridized carbons (Fsp3) is 0.273. The highest BCUT2D eigenvalue weighted by molar-refractivity contribution is 7.98. The van der Waals surface area contributed by atoms with Crippen molar-refractivity contribution >= 4 is 11.8 Å². The van der Waals surface area contributed by atoms with E-state index in [4.69, 9.17) is 4.42 Å². The minimum Gasteiger partial charge on any atom is -0.468 e. The Kier molecular flexibility index (Phi) is 3.40. The van der Waals surface area contributed by atoms with E-state index in [1.165, 1.54) is 0 Å². The predicted molar refractivity (Wildman–Crippen MR) is 59.7 cm³/mol. The molecule has 0 fully saturated rings. The van der Waals surface area contributed by atoms with Crippen LogP contribution in [0.3, 0.4) is 0 Å². The summed E-state index contributed by atoms with van der Waals surface area (Å²) in [5, 5.41) is 0.950. The van der Waals surface area contributed by atoms with Gasteiger partial charge in [0, 0.05) is 6.20 Å². The zero-order chi connectivity index (χ0) is 10.5. The summed E-state index contributed by atoms with van der Waals surface area (Å²) in [7, 11) is 0. The summed E-state index contributed by atoms with van der Waals surface area (Å²) in [5.74, 6) is 1.76. The molecule has 3 nitrogen and oxygen atoms in total. The van der Waals surface area contributed by atoms with E-state index in [0.29, 0.717) is 0 Å². The molecule has 0 N–H and O–H groups in total. The van der Waals surface area contributed by atoms with E-state index in [-0.39, 0.29) is 0 Å². The topological polar surface area (TPSA) is 38.9 Å². The first-order valence-electron chi connectivity index (χ1n) is 4.84. The second-order valence-electron chi connectivity index (χ2n) is 3.07. The van der Waals surface area contributed by atoms with E-state index in [9.17, 15) is 0 Å². The number of nitrogens with zero attached hydrogens (tertiary/aromatic N) is 2. The van der Waals surface area contributed by atoms with Gasteiger partial charge in [0.05, 0.1) is 23.9 Å². The second kappa shape index (κ2) is 4.98. The van der Waals surface area contributed by atoms with Crippen LogP contribution < -0.4 is 0 Å². The van der Waals surface area contributed by atoms with Gasteiger partial charge in [-0.05, 0) is 18.6 Å². The van der Waals surface area contributed by atoms with Gasteiger partial charge >= 0.3 is 0 Å². The molecule has 0 spiro atoms. The molecule has 0 saturated heterocycles. The average molecular weight is 220 g/mol. The lowest BCUT2D eigenvalue weighted by Crippen LogP contribution is -1.90. The van der Waals surface area contributed by atoms with Gasteiger partial charge in [0.1, 0.15) is 10.8 Å². The van der Waals surface area contributed by atoms with Crippen molar-refractivity contribution in [1.29, 1.82) is 0 Å². The van der Waals surface area contributed by atoms with Crippen molar-refractivity contribution in [2.45, 2.75) is 24.1 Å². The first-order chi connectivity index (χ1) is 7.38. The van der Waals surface area contributed by atoms with Crippen molar-refractivity contribution in [2.75, 3.05) is 0 Å². The van der Waals surface area contributed by atoms with Crippen molar-refractivity contribution in [3.8, 4) is 0 Å². The van der Waals surface area contributed by atoms with Crippen molar-refractivity contribution in [3.63, 3.8) is 0 Å². The zero-order valence-corrected chi connectivity index (χ0v) is 9.33. The third kappa shape index (κ3) is 2.83. The summed E-state index contributed by atoms with van der Waals surface area (Å²) in [6.07, 6.45) is 6.19. The maximum absolute atomic E-state index is 5.24. The third-order valence-corrected chi connectivity index (χ3v) is 2.89. The van der Waals surface area contributed by atoms with Crippen molar-refractivity contribution in [1.82, 2.24) is 9.97 Å². The van der Waals surface area contributed by atoms with Crippen LogP contribution >= 0.6 is 11.8 Å². The maximum atomic E-state index is 5.24. The van der Waals surface area contributed by atoms with Gasteiger partial charge in [-0.15, -0.1) is 0 Å². The van der Waals surface area contributed by atoms with Gasteiger partial charge in [0.15, 0.2) is 0 Å². The molecule has 0 aliphatic carbocycles. The van der Waals surface area contributed by atoms with Gasteiger partial charge in [0.25, 0.3) is 0 Å². The van der Waals surface area contributed by atoms with E-state index in [0.717, 1.165) is 28.7 Å². The number of hydrogen-bond acceptors (Lipinski definition) is 4. The standard InChI is InChI=1S/C11H12N2OS/c1-2-9-6-12-7-11(13-9)15-8-10-4-3-5-14-10/h3-7H,2,8H2,1H3. The van der Waals surface area contributed by atoms with Crippen LogP contribution in [0.4, 0.5) is 0 Å². The fourth-order valence-electron chi connectivity index (χ4n) is 1.17. The van der Waals surface area contributed by atoms with Crippen LogP contribution in [0.15, 0.2) is 40.2 Å². The Labute approximate surface area is 92.9 Å². The Bertz CT molecular complexity index is 414. The van der Waals surface area contributed by atoms with Gasteiger partial charge in [-0.1, -0.05) is 18.7 Å². The molecular formula is C11H12N2OS. The van der Waals surface area contributed by atoms with Gasteiger partial charge < -0.3 is 4.42 Å². The lowest BCUT2D eigenvalue weighted by Gasteiger charge is -2.00. The molecule has 2 heterocycles. The van der Waals surface area contributed by atoms with E-state index in [1.54, 1.807) is 30.4 Å². The summed E-state index contributed by atoms with van der Waals surface area (Å²) in [5.41, 5.74) is 1.03. The fourth-order valence-corrected chi connectivity index (χ4v) is 1.94. The van der Waals surface area contributed by atoms with E-state index in [1.807, 2.05) is 12.1 Å². The summed E-state index contributed by atoms with van der Waals surface area (Å²) >= 11 is 1.64. The van der Waals surface area contributed by atoms with Crippen LogP contribution in [0.2, 0.25) is 0 Å². The highest BCUT2D eigenvalue weighted by Crippen LogP contribution is 2.20. The minimum atomic E-state index is 0.800. The van der Waals surface area contributed by atoms with Crippen LogP contribution in [0.5, 0.6) is 0 Å². The predicted octanol–water partition coefficient (Wildman–Crippen LogP) is 2.92. The van der Waals surface area contributed by atoms with Crippen molar-refractivity contribution in [2.24, 2.45) is 0 Å². The molecule has 2 aromatic heterocycles. The number of rotatable bonds is 4. The van der Waals surface area contributed by atoms with Crippen LogP contribution in [-0.2, 0) is 12.2 Å². The van der Waals surface area contributed by atoms with E-state index in [2.05, 4.69) is 16.9 Å². The van der Waals surface area contributed by atoms with Crippen molar-refractivity contribution < 1.29 is 4.42 Å². The zero-order valence-electron chi connectivity index (χ0n) is 8.51. The van der Waals surface area contributed by atoms with E-state index < -0.39 is 0 Å². The lowest BCUT2D eigenvalue weighted by atomic mass is 10.4. The Hall–Kier alpha value is -1.29. The van der Waals surface area contributed by atoms with Crippen LogP contribution in [0.25, 0.3) is 0 Å². The van der Waals surface area contributed by atoms with Crippen LogP contribution in [-0.4, -0.2) is 9.97 Å². The van der Waals surface area contributed by atoms with Crippen molar-refractivity contribution in [3.05, 3.63) is 42.2 Å². The maximum Gasteiger partial charge on any atom is 0.115 e. The third-order valence-electron chi connectivity index (χ3n) is 1.97. The summed E-state index contributed by atoms with van der Waals surface area (Å²) < 4.78 is 5.24. The molecule has 2 rings (SSSR count). The molecule has 0 unspecified atom stereocenters. The quantitative estimate of drug-likeness (QED) is 0.743. The Balaban J connectivity index is 1.98. The molecule has 0 aliphatic heterocycles. The highest BCUT2D eigenvalue weighted by atomic mass is 32.2. The molecule has 0 aromatic carbocycles. The normalized spacial score (nSPS) is 10.5. The monoisotopic (exact) mass is 220 g/mol. The Morgan fingerprint density at radius 3 is 3.07 bits per heavy atom. The molecule has 0 amide bonds. The van der Waals surface area contributed by atoms with E-state index >= 15 is 0 Å². The Morgan fingerprint density at radius 1 is 1.40 bits per heavy atom. The minimum absolute atomic E-state index is 0.800. The Morgan fingerprint density at radius 2 is 2.33 bits per heavy atom. The summed E-state index contributed by atoms with van der Waals surface area (Å²) in [6.45, 7) is 2.07. The molecule has 0 aliphatic rings. The molecule has 0 atom stereocenters. The molecular weight excluding hydrogens is 208 g/mol. The molecule has 0 saturated carbocycles. The van der Waals surface area contributed by atoms with Gasteiger partial charge in [-0.3, -0.25) is 4.98 Å². The number of aryl methyl sites for hydroxylation is 1. The number of thioether (sulfide) groups is 1. The second-order valence-corrected chi connectivity index (χ2v) is 4.07. The van der Waals surface area contributed by atoms with Crippen LogP contribution in [0.1, 0.15) is 18.4 Å². The molecule has 0 bridgehead atoms. The van der Waals surface area contributed by atoms with Crippen LogP contribution in [0, 0.1) is 0 Å². The summed E-state index contributed by atoms with van der Waals surface area (Å²) in [4.78, 5) is 8.59. The summed E-state index contributed by atoms with van der Waals surface area (Å²) in [6, 6.07) is 3.86.